The van der Waals surface area contributed by atoms with Gasteiger partial charge in [-0.2, -0.15) is 0 Å². The molecule has 0 aliphatic carbocycles. The standard InChI is InChI=1S/C10H12BFO3/c1-6(2)7-4-8(11(13)14)10(15-3)5-9(7)12/h4-5,13-14H,1H2,2-3H3. The third-order valence-corrected chi connectivity index (χ3v) is 2.06. The Morgan fingerprint density at radius 2 is 2.07 bits per heavy atom. The summed E-state index contributed by atoms with van der Waals surface area (Å²) in [7, 11) is -0.361. The lowest BCUT2D eigenvalue weighted by Crippen LogP contribution is -2.31. The summed E-state index contributed by atoms with van der Waals surface area (Å²) >= 11 is 0. The largest absolute Gasteiger partial charge is 0.497 e. The number of rotatable bonds is 3. The molecule has 1 aromatic carbocycles. The molecule has 1 rings (SSSR count). The van der Waals surface area contributed by atoms with Gasteiger partial charge in [0, 0.05) is 17.1 Å². The van der Waals surface area contributed by atoms with E-state index in [0.29, 0.717) is 5.57 Å². The predicted molar refractivity (Wildman–Crippen MR) is 57.5 cm³/mol. The fourth-order valence-corrected chi connectivity index (χ4v) is 1.28. The van der Waals surface area contributed by atoms with Gasteiger partial charge in [0.25, 0.3) is 0 Å². The van der Waals surface area contributed by atoms with E-state index in [4.69, 9.17) is 14.8 Å². The van der Waals surface area contributed by atoms with Gasteiger partial charge in [0.2, 0.25) is 0 Å². The van der Waals surface area contributed by atoms with Crippen molar-refractivity contribution in [3.05, 3.63) is 30.1 Å². The Morgan fingerprint density at radius 3 is 2.47 bits per heavy atom. The van der Waals surface area contributed by atoms with Crippen LogP contribution in [0.3, 0.4) is 0 Å². The van der Waals surface area contributed by atoms with Gasteiger partial charge < -0.3 is 14.8 Å². The van der Waals surface area contributed by atoms with E-state index >= 15 is 0 Å². The molecule has 5 heteroatoms. The molecule has 0 aromatic heterocycles. The maximum Gasteiger partial charge on any atom is 0.492 e. The van der Waals surface area contributed by atoms with Gasteiger partial charge in [-0.3, -0.25) is 0 Å². The van der Waals surface area contributed by atoms with Crippen LogP contribution in [0.1, 0.15) is 12.5 Å². The normalized spacial score (nSPS) is 9.93. The van der Waals surface area contributed by atoms with Crippen LogP contribution in [0.25, 0.3) is 5.57 Å². The average molecular weight is 210 g/mol. The lowest BCUT2D eigenvalue weighted by atomic mass is 9.78. The van der Waals surface area contributed by atoms with Gasteiger partial charge in [-0.05, 0) is 18.6 Å². The lowest BCUT2D eigenvalue weighted by molar-refractivity contribution is 0.401. The second kappa shape index (κ2) is 4.46. The molecule has 0 spiro atoms. The van der Waals surface area contributed by atoms with E-state index in [1.54, 1.807) is 6.92 Å². The van der Waals surface area contributed by atoms with Gasteiger partial charge in [-0.15, -0.1) is 0 Å². The Bertz CT molecular complexity index is 390. The Labute approximate surface area is 88.0 Å². The SMILES string of the molecule is C=C(C)c1cc(B(O)O)c(OC)cc1F. The molecule has 3 nitrogen and oxygen atoms in total. The van der Waals surface area contributed by atoms with E-state index < -0.39 is 12.9 Å². The van der Waals surface area contributed by atoms with Crippen molar-refractivity contribution >= 4 is 18.2 Å². The number of allylic oxidation sites excluding steroid dienone is 1. The first-order valence-corrected chi connectivity index (χ1v) is 4.36. The van der Waals surface area contributed by atoms with Crippen LogP contribution in [0, 0.1) is 5.82 Å². The number of halogens is 1. The van der Waals surface area contributed by atoms with E-state index in [-0.39, 0.29) is 16.8 Å². The Hall–Kier alpha value is -1.33. The molecule has 0 bridgehead atoms. The number of ether oxygens (including phenoxy) is 1. The first-order chi connectivity index (χ1) is 6.97. The third-order valence-electron chi connectivity index (χ3n) is 2.06. The maximum atomic E-state index is 13.4. The van der Waals surface area contributed by atoms with Gasteiger partial charge >= 0.3 is 7.12 Å². The smallest absolute Gasteiger partial charge is 0.492 e. The molecule has 80 valence electrons. The molecule has 0 aliphatic rings. The molecule has 0 unspecified atom stereocenters. The van der Waals surface area contributed by atoms with Gasteiger partial charge in [0.05, 0.1) is 7.11 Å². The van der Waals surface area contributed by atoms with Crippen molar-refractivity contribution in [3.8, 4) is 5.75 Å². The van der Waals surface area contributed by atoms with E-state index in [1.165, 1.54) is 13.2 Å². The van der Waals surface area contributed by atoms with Gasteiger partial charge in [0.15, 0.2) is 0 Å². The van der Waals surface area contributed by atoms with Crippen molar-refractivity contribution in [2.75, 3.05) is 7.11 Å². The molecule has 0 heterocycles. The number of benzene rings is 1. The number of methoxy groups -OCH3 is 1. The summed E-state index contributed by atoms with van der Waals surface area (Å²) in [5.41, 5.74) is 0.882. The van der Waals surface area contributed by atoms with Crippen molar-refractivity contribution in [2.45, 2.75) is 6.92 Å². The van der Waals surface area contributed by atoms with Crippen molar-refractivity contribution in [1.29, 1.82) is 0 Å². The minimum absolute atomic E-state index is 0.104. The number of hydrogen-bond donors (Lipinski definition) is 2. The summed E-state index contributed by atoms with van der Waals surface area (Å²) < 4.78 is 18.3. The summed E-state index contributed by atoms with van der Waals surface area (Å²) in [4.78, 5) is 0. The molecule has 15 heavy (non-hydrogen) atoms. The molecule has 0 atom stereocenters. The third kappa shape index (κ3) is 2.37. The van der Waals surface area contributed by atoms with Crippen molar-refractivity contribution in [3.63, 3.8) is 0 Å². The van der Waals surface area contributed by atoms with Crippen molar-refractivity contribution in [1.82, 2.24) is 0 Å². The van der Waals surface area contributed by atoms with Crippen molar-refractivity contribution < 1.29 is 19.2 Å². The summed E-state index contributed by atoms with van der Waals surface area (Å²) in [6, 6.07) is 2.43. The second-order valence-electron chi connectivity index (χ2n) is 3.23. The van der Waals surface area contributed by atoms with E-state index in [1.807, 2.05) is 0 Å². The highest BCUT2D eigenvalue weighted by Gasteiger charge is 2.20. The van der Waals surface area contributed by atoms with Crippen LogP contribution in [-0.2, 0) is 0 Å². The monoisotopic (exact) mass is 210 g/mol. The highest BCUT2D eigenvalue weighted by molar-refractivity contribution is 6.59. The molecule has 1 aromatic rings. The van der Waals surface area contributed by atoms with E-state index in [0.717, 1.165) is 6.07 Å². The molecule has 0 amide bonds. The highest BCUT2D eigenvalue weighted by atomic mass is 19.1. The molecule has 0 saturated carbocycles. The van der Waals surface area contributed by atoms with Gasteiger partial charge in [-0.1, -0.05) is 6.58 Å². The Balaban J connectivity index is 3.37. The molecular formula is C10H12BFO3. The highest BCUT2D eigenvalue weighted by Crippen LogP contribution is 2.20. The summed E-state index contributed by atoms with van der Waals surface area (Å²) in [5, 5.41) is 18.1. The molecular weight excluding hydrogens is 198 g/mol. The van der Waals surface area contributed by atoms with Crippen LogP contribution in [0.4, 0.5) is 4.39 Å². The average Bonchev–Trinajstić information content (AvgIpc) is 2.16. The fraction of sp³-hybridized carbons (Fsp3) is 0.200. The minimum Gasteiger partial charge on any atom is -0.497 e. The van der Waals surface area contributed by atoms with Gasteiger partial charge in [-0.25, -0.2) is 4.39 Å². The van der Waals surface area contributed by atoms with E-state index in [9.17, 15) is 4.39 Å². The molecule has 0 fully saturated rings. The summed E-state index contributed by atoms with van der Waals surface area (Å²) in [6.45, 7) is 5.24. The zero-order chi connectivity index (χ0) is 11.6. The summed E-state index contributed by atoms with van der Waals surface area (Å²) in [5.74, 6) is -0.392. The predicted octanol–water partition coefficient (Wildman–Crippen LogP) is 0.547. The van der Waals surface area contributed by atoms with Crippen molar-refractivity contribution in [2.24, 2.45) is 0 Å². The van der Waals surface area contributed by atoms with Gasteiger partial charge in [0.1, 0.15) is 11.6 Å². The van der Waals surface area contributed by atoms with Crippen LogP contribution < -0.4 is 10.2 Å². The number of hydrogen-bond acceptors (Lipinski definition) is 3. The lowest BCUT2D eigenvalue weighted by Gasteiger charge is -2.11. The topological polar surface area (TPSA) is 49.7 Å². The first kappa shape index (κ1) is 11.7. The van der Waals surface area contributed by atoms with Crippen LogP contribution in [0.2, 0.25) is 0 Å². The Kier molecular flexibility index (Phi) is 3.50. The maximum absolute atomic E-state index is 13.4. The van der Waals surface area contributed by atoms with Crippen LogP contribution in [-0.4, -0.2) is 24.3 Å². The quantitative estimate of drug-likeness (QED) is 0.716. The summed E-state index contributed by atoms with van der Waals surface area (Å²) in [6.07, 6.45) is 0. The molecule has 0 radical (unpaired) electrons. The zero-order valence-electron chi connectivity index (χ0n) is 8.62. The molecule has 2 N–H and O–H groups in total. The molecule has 0 aliphatic heterocycles. The molecule has 0 saturated heterocycles. The zero-order valence-corrected chi connectivity index (χ0v) is 8.62. The minimum atomic E-state index is -1.70. The second-order valence-corrected chi connectivity index (χ2v) is 3.23. The first-order valence-electron chi connectivity index (χ1n) is 4.36. The van der Waals surface area contributed by atoms with Crippen LogP contribution >= 0.6 is 0 Å². The van der Waals surface area contributed by atoms with Crippen LogP contribution in [0.15, 0.2) is 18.7 Å². The fourth-order valence-electron chi connectivity index (χ4n) is 1.28. The Morgan fingerprint density at radius 1 is 1.47 bits per heavy atom. The van der Waals surface area contributed by atoms with E-state index in [2.05, 4.69) is 6.58 Å². The van der Waals surface area contributed by atoms with Crippen LogP contribution in [0.5, 0.6) is 5.75 Å².